The molecule has 0 amide bonds. The Morgan fingerprint density at radius 2 is 1.77 bits per heavy atom. The van der Waals surface area contributed by atoms with Gasteiger partial charge in [0.05, 0.1) is 0 Å². The Morgan fingerprint density at radius 1 is 1.00 bits per heavy atom. The molecule has 3 rings (SSSR count). The first-order valence-corrected chi connectivity index (χ1v) is 8.18. The Balaban J connectivity index is 1.94. The molecule has 0 fully saturated rings. The standard InChI is InChI=1S/C19H21ClN2/c1-2-11-21-12-16-14-22(19-10-6-4-8-17(16)19)13-15-7-3-5-9-18(15)20/h3-10,14,21H,2,11-13H2,1H3. The third kappa shape index (κ3) is 3.18. The molecule has 22 heavy (non-hydrogen) atoms. The molecule has 1 N–H and O–H groups in total. The fraction of sp³-hybridized carbons (Fsp3) is 0.263. The van der Waals surface area contributed by atoms with Gasteiger partial charge in [-0.2, -0.15) is 0 Å². The van der Waals surface area contributed by atoms with E-state index in [9.17, 15) is 0 Å². The van der Waals surface area contributed by atoms with E-state index < -0.39 is 0 Å². The molecule has 3 heteroatoms. The van der Waals surface area contributed by atoms with Gasteiger partial charge in [-0.15, -0.1) is 0 Å². The fourth-order valence-corrected chi connectivity index (χ4v) is 3.00. The number of nitrogens with one attached hydrogen (secondary N) is 1. The maximum atomic E-state index is 6.31. The Morgan fingerprint density at radius 3 is 2.59 bits per heavy atom. The van der Waals surface area contributed by atoms with Crippen molar-refractivity contribution in [1.29, 1.82) is 0 Å². The van der Waals surface area contributed by atoms with E-state index in [-0.39, 0.29) is 0 Å². The monoisotopic (exact) mass is 312 g/mol. The van der Waals surface area contributed by atoms with E-state index in [1.165, 1.54) is 16.5 Å². The predicted octanol–water partition coefficient (Wildman–Crippen LogP) is 4.84. The molecule has 114 valence electrons. The van der Waals surface area contributed by atoms with E-state index in [0.29, 0.717) is 0 Å². The van der Waals surface area contributed by atoms with E-state index in [1.54, 1.807) is 0 Å². The molecule has 0 radical (unpaired) electrons. The lowest BCUT2D eigenvalue weighted by Crippen LogP contribution is -2.13. The summed E-state index contributed by atoms with van der Waals surface area (Å²) in [6, 6.07) is 16.6. The van der Waals surface area contributed by atoms with Crippen molar-refractivity contribution >= 4 is 22.5 Å². The van der Waals surface area contributed by atoms with Crippen LogP contribution in [-0.4, -0.2) is 11.1 Å². The third-order valence-electron chi connectivity index (χ3n) is 3.91. The molecule has 1 aromatic heterocycles. The molecule has 2 nitrogen and oxygen atoms in total. The zero-order chi connectivity index (χ0) is 15.4. The molecule has 0 saturated heterocycles. The van der Waals surface area contributed by atoms with Gasteiger partial charge in [-0.1, -0.05) is 54.9 Å². The second kappa shape index (κ2) is 6.99. The zero-order valence-electron chi connectivity index (χ0n) is 12.8. The SMILES string of the molecule is CCCNCc1cn(Cc2ccccc2Cl)c2ccccc12. The summed E-state index contributed by atoms with van der Waals surface area (Å²) in [4.78, 5) is 0. The van der Waals surface area contributed by atoms with E-state index in [1.807, 2.05) is 18.2 Å². The maximum Gasteiger partial charge on any atom is 0.0491 e. The lowest BCUT2D eigenvalue weighted by molar-refractivity contribution is 0.675. The average molecular weight is 313 g/mol. The van der Waals surface area contributed by atoms with Crippen LogP contribution in [0.3, 0.4) is 0 Å². The van der Waals surface area contributed by atoms with Gasteiger partial charge in [0.2, 0.25) is 0 Å². The zero-order valence-corrected chi connectivity index (χ0v) is 13.6. The molecule has 0 bridgehead atoms. The number of hydrogen-bond donors (Lipinski definition) is 1. The fourth-order valence-electron chi connectivity index (χ4n) is 2.80. The van der Waals surface area contributed by atoms with Crippen LogP contribution in [-0.2, 0) is 13.1 Å². The minimum absolute atomic E-state index is 0.800. The topological polar surface area (TPSA) is 17.0 Å². The summed E-state index contributed by atoms with van der Waals surface area (Å²) < 4.78 is 2.29. The molecular formula is C19H21ClN2. The van der Waals surface area contributed by atoms with Crippen LogP contribution in [0.5, 0.6) is 0 Å². The molecular weight excluding hydrogens is 292 g/mol. The van der Waals surface area contributed by atoms with Gasteiger partial charge < -0.3 is 9.88 Å². The number of benzene rings is 2. The van der Waals surface area contributed by atoms with E-state index in [0.717, 1.165) is 36.6 Å². The van der Waals surface area contributed by atoms with Crippen molar-refractivity contribution in [3.63, 3.8) is 0 Å². The first-order chi connectivity index (χ1) is 10.8. The van der Waals surface area contributed by atoms with E-state index >= 15 is 0 Å². The van der Waals surface area contributed by atoms with Gasteiger partial charge in [0.15, 0.2) is 0 Å². The minimum atomic E-state index is 0.800. The van der Waals surface area contributed by atoms with Gasteiger partial charge in [0.1, 0.15) is 0 Å². The van der Waals surface area contributed by atoms with Crippen molar-refractivity contribution < 1.29 is 0 Å². The highest BCUT2D eigenvalue weighted by Gasteiger charge is 2.09. The Kier molecular flexibility index (Phi) is 4.81. The maximum absolute atomic E-state index is 6.31. The van der Waals surface area contributed by atoms with Crippen molar-refractivity contribution in [2.24, 2.45) is 0 Å². The van der Waals surface area contributed by atoms with Crippen LogP contribution in [0.4, 0.5) is 0 Å². The van der Waals surface area contributed by atoms with Gasteiger partial charge >= 0.3 is 0 Å². The summed E-state index contributed by atoms with van der Waals surface area (Å²) in [5, 5.41) is 5.64. The van der Waals surface area contributed by atoms with Crippen LogP contribution < -0.4 is 5.32 Å². The van der Waals surface area contributed by atoms with Gasteiger partial charge in [0, 0.05) is 35.2 Å². The number of para-hydroxylation sites is 1. The lowest BCUT2D eigenvalue weighted by Gasteiger charge is -2.07. The predicted molar refractivity (Wildman–Crippen MR) is 94.5 cm³/mol. The summed E-state index contributed by atoms with van der Waals surface area (Å²) in [7, 11) is 0. The van der Waals surface area contributed by atoms with Gasteiger partial charge in [0.25, 0.3) is 0 Å². The second-order valence-electron chi connectivity index (χ2n) is 5.57. The van der Waals surface area contributed by atoms with Crippen molar-refractivity contribution in [2.45, 2.75) is 26.4 Å². The first-order valence-electron chi connectivity index (χ1n) is 7.80. The Hall–Kier alpha value is -1.77. The summed E-state index contributed by atoms with van der Waals surface area (Å²) in [5.41, 5.74) is 3.75. The largest absolute Gasteiger partial charge is 0.343 e. The molecule has 0 aliphatic rings. The van der Waals surface area contributed by atoms with Gasteiger partial charge in [-0.05, 0) is 36.2 Å². The number of hydrogen-bond acceptors (Lipinski definition) is 1. The van der Waals surface area contributed by atoms with E-state index in [2.05, 4.69) is 53.3 Å². The van der Waals surface area contributed by atoms with Crippen LogP contribution in [0.25, 0.3) is 10.9 Å². The van der Waals surface area contributed by atoms with E-state index in [4.69, 9.17) is 11.6 Å². The van der Waals surface area contributed by atoms with Crippen molar-refractivity contribution in [3.05, 3.63) is 70.9 Å². The Bertz CT molecular complexity index is 761. The molecule has 2 aromatic carbocycles. The number of fused-ring (bicyclic) bond motifs is 1. The molecule has 3 aromatic rings. The van der Waals surface area contributed by atoms with Crippen molar-refractivity contribution in [3.8, 4) is 0 Å². The number of nitrogens with zero attached hydrogens (tertiary/aromatic N) is 1. The summed E-state index contributed by atoms with van der Waals surface area (Å²) in [6.07, 6.45) is 3.40. The number of rotatable bonds is 6. The minimum Gasteiger partial charge on any atom is -0.343 e. The van der Waals surface area contributed by atoms with Crippen molar-refractivity contribution in [2.75, 3.05) is 6.54 Å². The van der Waals surface area contributed by atoms with Crippen LogP contribution in [0.2, 0.25) is 5.02 Å². The molecule has 1 heterocycles. The average Bonchev–Trinajstić information content (AvgIpc) is 2.88. The highest BCUT2D eigenvalue weighted by molar-refractivity contribution is 6.31. The molecule has 0 unspecified atom stereocenters. The lowest BCUT2D eigenvalue weighted by atomic mass is 10.2. The summed E-state index contributed by atoms with van der Waals surface area (Å²) >= 11 is 6.31. The highest BCUT2D eigenvalue weighted by Crippen LogP contribution is 2.24. The highest BCUT2D eigenvalue weighted by atomic mass is 35.5. The molecule has 0 spiro atoms. The van der Waals surface area contributed by atoms with Crippen molar-refractivity contribution in [1.82, 2.24) is 9.88 Å². The first kappa shape index (κ1) is 15.1. The normalized spacial score (nSPS) is 11.2. The summed E-state index contributed by atoms with van der Waals surface area (Å²) in [5.74, 6) is 0. The van der Waals surface area contributed by atoms with Gasteiger partial charge in [-0.3, -0.25) is 0 Å². The Labute approximate surface area is 136 Å². The summed E-state index contributed by atoms with van der Waals surface area (Å²) in [6.45, 7) is 4.94. The number of aromatic nitrogens is 1. The van der Waals surface area contributed by atoms with Crippen LogP contribution in [0, 0.1) is 0 Å². The van der Waals surface area contributed by atoms with Crippen LogP contribution in [0.1, 0.15) is 24.5 Å². The smallest absolute Gasteiger partial charge is 0.0491 e. The molecule has 0 aliphatic heterocycles. The molecule has 0 saturated carbocycles. The molecule has 0 aliphatic carbocycles. The number of halogens is 1. The van der Waals surface area contributed by atoms with Crippen LogP contribution in [0.15, 0.2) is 54.7 Å². The van der Waals surface area contributed by atoms with Crippen LogP contribution >= 0.6 is 11.6 Å². The quantitative estimate of drug-likeness (QED) is 0.644. The second-order valence-corrected chi connectivity index (χ2v) is 5.97. The van der Waals surface area contributed by atoms with Gasteiger partial charge in [-0.25, -0.2) is 0 Å². The third-order valence-corrected chi connectivity index (χ3v) is 4.28. The molecule has 0 atom stereocenters.